The first-order valence-electron chi connectivity index (χ1n) is 2.41. The Morgan fingerprint density at radius 3 is 1.64 bits per heavy atom. The lowest BCUT2D eigenvalue weighted by molar-refractivity contribution is -0.114. The number of amides is 1. The fourth-order valence-corrected chi connectivity index (χ4v) is 0.371. The van der Waals surface area contributed by atoms with Crippen LogP contribution >= 0.6 is 0 Å². The first-order valence-corrected chi connectivity index (χ1v) is 2.41. The third kappa shape index (κ3) is 1.82. The van der Waals surface area contributed by atoms with Crippen molar-refractivity contribution in [1.82, 2.24) is 0 Å². The van der Waals surface area contributed by atoms with Gasteiger partial charge in [-0.15, -0.1) is 0 Å². The predicted molar refractivity (Wildman–Crippen MR) is 33.1 cm³/mol. The van der Waals surface area contributed by atoms with Gasteiger partial charge in [-0.2, -0.15) is 15.8 Å². The minimum atomic E-state index is -1.06. The number of carbonyl (C=O) groups excluding carboxylic acids is 1. The summed E-state index contributed by atoms with van der Waals surface area (Å²) >= 11 is 0. The van der Waals surface area contributed by atoms with Gasteiger partial charge >= 0.3 is 0 Å². The lowest BCUT2D eigenvalue weighted by Crippen LogP contribution is -2.14. The number of rotatable bonds is 1. The number of hydrogen-bond acceptors (Lipinski definition) is 4. The summed E-state index contributed by atoms with van der Waals surface area (Å²) in [6.07, 6.45) is 0. The van der Waals surface area contributed by atoms with Gasteiger partial charge in [-0.1, -0.05) is 0 Å². The first-order chi connectivity index (χ1) is 5.17. The lowest BCUT2D eigenvalue weighted by Gasteiger charge is -1.86. The number of nitrogens with zero attached hydrogens (tertiary/aromatic N) is 3. The van der Waals surface area contributed by atoms with Crippen molar-refractivity contribution < 1.29 is 4.79 Å². The average Bonchev–Trinajstić information content (AvgIpc) is 1.99. The van der Waals surface area contributed by atoms with E-state index in [1.54, 1.807) is 0 Å². The number of primary amides is 1. The zero-order chi connectivity index (χ0) is 8.85. The third-order valence-electron chi connectivity index (χ3n) is 0.832. The van der Waals surface area contributed by atoms with Crippen molar-refractivity contribution in [3.63, 3.8) is 0 Å². The highest BCUT2D eigenvalue weighted by atomic mass is 16.1. The van der Waals surface area contributed by atoms with E-state index in [-0.39, 0.29) is 0 Å². The molecule has 0 heterocycles. The summed E-state index contributed by atoms with van der Waals surface area (Å²) in [7, 11) is 0. The Hall–Kier alpha value is -2.32. The highest BCUT2D eigenvalue weighted by molar-refractivity contribution is 5.98. The second-order valence-electron chi connectivity index (χ2n) is 1.45. The zero-order valence-electron chi connectivity index (χ0n) is 5.33. The topological polar surface area (TPSA) is 114 Å². The van der Waals surface area contributed by atoms with E-state index in [2.05, 4.69) is 5.73 Å². The molecule has 0 fully saturated rings. The van der Waals surface area contributed by atoms with Crippen LogP contribution in [0.15, 0.2) is 11.1 Å². The number of nitrogens with two attached hydrogens (primary N) is 1. The maximum absolute atomic E-state index is 10.3. The van der Waals surface area contributed by atoms with Crippen LogP contribution in [-0.2, 0) is 4.79 Å². The van der Waals surface area contributed by atoms with Crippen molar-refractivity contribution in [2.24, 2.45) is 5.73 Å². The summed E-state index contributed by atoms with van der Waals surface area (Å²) in [6, 6.07) is 4.12. The fraction of sp³-hybridized carbons (Fsp3) is 0. The molecule has 0 radical (unpaired) electrons. The van der Waals surface area contributed by atoms with Crippen LogP contribution in [-0.4, -0.2) is 5.91 Å². The summed E-state index contributed by atoms with van der Waals surface area (Å²) in [6.45, 7) is 0. The second-order valence-corrected chi connectivity index (χ2v) is 1.45. The molecule has 0 aromatic rings. The predicted octanol–water partition coefficient (Wildman–Crippen LogP) is -0.661. The molecule has 0 aromatic carbocycles. The molecule has 0 bridgehead atoms. The van der Waals surface area contributed by atoms with Crippen LogP contribution in [0.4, 0.5) is 0 Å². The van der Waals surface area contributed by atoms with Crippen molar-refractivity contribution >= 4 is 5.91 Å². The standard InChI is InChI=1S/C6H2N4O/c7-1-4(2-8)5(3-9)6(10)11/h(H2,10,11). The van der Waals surface area contributed by atoms with Gasteiger partial charge in [0.05, 0.1) is 0 Å². The number of carbonyl (C=O) groups is 1. The number of hydrogen-bond donors (Lipinski definition) is 1. The largest absolute Gasteiger partial charge is 0.365 e. The van der Waals surface area contributed by atoms with Crippen LogP contribution in [0, 0.1) is 34.0 Å². The van der Waals surface area contributed by atoms with Gasteiger partial charge in [0.15, 0.2) is 5.57 Å². The molecule has 0 aliphatic carbocycles. The van der Waals surface area contributed by atoms with E-state index in [4.69, 9.17) is 15.8 Å². The molecule has 1 amide bonds. The average molecular weight is 146 g/mol. The van der Waals surface area contributed by atoms with Crippen molar-refractivity contribution in [1.29, 1.82) is 15.8 Å². The van der Waals surface area contributed by atoms with E-state index in [1.807, 2.05) is 0 Å². The van der Waals surface area contributed by atoms with Crippen LogP contribution in [0.2, 0.25) is 0 Å². The molecule has 0 atom stereocenters. The molecule has 0 aliphatic heterocycles. The smallest absolute Gasteiger partial charge is 0.261 e. The Balaban J connectivity index is 5.25. The minimum Gasteiger partial charge on any atom is -0.365 e. The SMILES string of the molecule is N#CC(C#N)=C(C#N)C(N)=O. The molecule has 0 unspecified atom stereocenters. The molecule has 11 heavy (non-hydrogen) atoms. The molecule has 5 nitrogen and oxygen atoms in total. The molecule has 0 aromatic heterocycles. The summed E-state index contributed by atoms with van der Waals surface area (Å²) in [4.78, 5) is 10.3. The minimum absolute atomic E-state index is 0.556. The van der Waals surface area contributed by atoms with Crippen molar-refractivity contribution in [3.05, 3.63) is 11.1 Å². The van der Waals surface area contributed by atoms with E-state index < -0.39 is 17.1 Å². The highest BCUT2D eigenvalue weighted by Crippen LogP contribution is 1.99. The Bertz CT molecular complexity index is 317. The van der Waals surface area contributed by atoms with Gasteiger partial charge < -0.3 is 5.73 Å². The maximum Gasteiger partial charge on any atom is 0.261 e. The van der Waals surface area contributed by atoms with Gasteiger partial charge in [0.2, 0.25) is 0 Å². The van der Waals surface area contributed by atoms with E-state index in [9.17, 15) is 4.79 Å². The molecule has 0 aliphatic rings. The fourth-order valence-electron chi connectivity index (χ4n) is 0.371. The summed E-state index contributed by atoms with van der Waals surface area (Å²) in [5.41, 5.74) is 3.52. The van der Waals surface area contributed by atoms with E-state index in [0.717, 1.165) is 0 Å². The van der Waals surface area contributed by atoms with Crippen LogP contribution in [0.5, 0.6) is 0 Å². The number of allylic oxidation sites excluding steroid dienone is 1. The molecule has 5 heteroatoms. The molecule has 0 rings (SSSR count). The third-order valence-corrected chi connectivity index (χ3v) is 0.832. The Labute approximate surface area is 62.6 Å². The maximum atomic E-state index is 10.3. The van der Waals surface area contributed by atoms with Crippen LogP contribution in [0.3, 0.4) is 0 Å². The van der Waals surface area contributed by atoms with Gasteiger partial charge in [0.25, 0.3) is 5.91 Å². The lowest BCUT2D eigenvalue weighted by atomic mass is 10.1. The molecule has 2 N–H and O–H groups in total. The quantitative estimate of drug-likeness (QED) is 0.390. The molecule has 0 saturated heterocycles. The zero-order valence-corrected chi connectivity index (χ0v) is 5.33. The molecule has 52 valence electrons. The molecular formula is C6H2N4O. The van der Waals surface area contributed by atoms with Gasteiger partial charge in [-0.05, 0) is 0 Å². The molecular weight excluding hydrogens is 144 g/mol. The summed E-state index contributed by atoms with van der Waals surface area (Å²) in [5.74, 6) is -1.06. The van der Waals surface area contributed by atoms with Crippen molar-refractivity contribution in [2.75, 3.05) is 0 Å². The Morgan fingerprint density at radius 1 is 1.09 bits per heavy atom. The van der Waals surface area contributed by atoms with Crippen LogP contribution < -0.4 is 5.73 Å². The van der Waals surface area contributed by atoms with Gasteiger partial charge in [0, 0.05) is 0 Å². The monoisotopic (exact) mass is 146 g/mol. The summed E-state index contributed by atoms with van der Waals surface area (Å²) < 4.78 is 0. The van der Waals surface area contributed by atoms with E-state index >= 15 is 0 Å². The van der Waals surface area contributed by atoms with Crippen molar-refractivity contribution in [3.8, 4) is 18.2 Å². The molecule has 0 saturated carbocycles. The summed E-state index contributed by atoms with van der Waals surface area (Å²) in [5, 5.41) is 24.6. The van der Waals surface area contributed by atoms with Gasteiger partial charge in [-0.25, -0.2) is 0 Å². The normalized spacial score (nSPS) is 6.64. The number of nitriles is 3. The van der Waals surface area contributed by atoms with Crippen LogP contribution in [0.25, 0.3) is 0 Å². The van der Waals surface area contributed by atoms with E-state index in [0.29, 0.717) is 0 Å². The highest BCUT2D eigenvalue weighted by Gasteiger charge is 2.10. The van der Waals surface area contributed by atoms with Crippen LogP contribution in [0.1, 0.15) is 0 Å². The molecule has 0 spiro atoms. The van der Waals surface area contributed by atoms with Gasteiger partial charge in [-0.3, -0.25) is 4.79 Å². The van der Waals surface area contributed by atoms with E-state index in [1.165, 1.54) is 18.2 Å². The Morgan fingerprint density at radius 2 is 1.55 bits per heavy atom. The van der Waals surface area contributed by atoms with Crippen molar-refractivity contribution in [2.45, 2.75) is 0 Å². The Kier molecular flexibility index (Phi) is 2.89. The first kappa shape index (κ1) is 8.68. The second kappa shape index (κ2) is 3.66. The van der Waals surface area contributed by atoms with Gasteiger partial charge in [0.1, 0.15) is 23.8 Å².